The minimum absolute atomic E-state index is 0.339. The molecule has 3 rings (SSSR count). The monoisotopic (exact) mass is 313 g/mol. The van der Waals surface area contributed by atoms with Crippen LogP contribution in [0.4, 0.5) is 0 Å². The summed E-state index contributed by atoms with van der Waals surface area (Å²) in [4.78, 5) is 7.24. The van der Waals surface area contributed by atoms with E-state index >= 15 is 0 Å². The van der Waals surface area contributed by atoms with Gasteiger partial charge in [-0.05, 0) is 19.4 Å². The van der Waals surface area contributed by atoms with E-state index in [4.69, 9.17) is 4.52 Å². The topological polar surface area (TPSA) is 42.2 Å². The smallest absolute Gasteiger partial charge is 0.244 e. The maximum atomic E-state index is 5.55. The summed E-state index contributed by atoms with van der Waals surface area (Å²) in [5.74, 6) is 7.09. The highest BCUT2D eigenvalue weighted by atomic mass is 32.2. The average Bonchev–Trinajstić information content (AvgIpc) is 3.02. The second-order valence-electron chi connectivity index (χ2n) is 5.85. The van der Waals surface area contributed by atoms with Gasteiger partial charge in [0, 0.05) is 35.0 Å². The van der Waals surface area contributed by atoms with Crippen molar-refractivity contribution in [3.63, 3.8) is 0 Å². The van der Waals surface area contributed by atoms with Crippen LogP contribution in [0.5, 0.6) is 0 Å². The minimum atomic E-state index is 0.339. The summed E-state index contributed by atoms with van der Waals surface area (Å²) in [6.45, 7) is 5.40. The Morgan fingerprint density at radius 1 is 1.25 bits per heavy atom. The van der Waals surface area contributed by atoms with Crippen LogP contribution in [-0.4, -0.2) is 50.6 Å². The fourth-order valence-corrected chi connectivity index (χ4v) is 5.49. The van der Waals surface area contributed by atoms with Gasteiger partial charge in [0.1, 0.15) is 0 Å². The molecule has 1 aromatic heterocycles. The molecule has 20 heavy (non-hydrogen) atoms. The van der Waals surface area contributed by atoms with Crippen LogP contribution in [-0.2, 0) is 0 Å². The third-order valence-corrected chi connectivity index (χ3v) is 6.50. The molecule has 2 fully saturated rings. The molecule has 0 saturated carbocycles. The predicted molar refractivity (Wildman–Crippen MR) is 85.5 cm³/mol. The lowest BCUT2D eigenvalue weighted by molar-refractivity contribution is 0.175. The summed E-state index contributed by atoms with van der Waals surface area (Å²) >= 11 is 4.18. The zero-order chi connectivity index (χ0) is 13.9. The van der Waals surface area contributed by atoms with E-state index in [9.17, 15) is 0 Å². The maximum absolute atomic E-state index is 5.55. The molecule has 112 valence electrons. The summed E-state index contributed by atoms with van der Waals surface area (Å²) < 4.78 is 5.55. The molecule has 1 atom stereocenters. The van der Waals surface area contributed by atoms with E-state index < -0.39 is 0 Å². The van der Waals surface area contributed by atoms with Crippen LogP contribution in [0.1, 0.15) is 50.4 Å². The van der Waals surface area contributed by atoms with E-state index in [-0.39, 0.29) is 0 Å². The third-order valence-electron chi connectivity index (χ3n) is 4.01. The lowest BCUT2D eigenvalue weighted by atomic mass is 10.2. The normalized spacial score (nSPS) is 26.2. The molecule has 2 aliphatic rings. The molecule has 0 bridgehead atoms. The summed E-state index contributed by atoms with van der Waals surface area (Å²) in [6, 6.07) is 1.01. The van der Waals surface area contributed by atoms with E-state index in [0.717, 1.165) is 18.1 Å². The van der Waals surface area contributed by atoms with Crippen LogP contribution in [0.2, 0.25) is 0 Å². The molecule has 0 radical (unpaired) electrons. The quantitative estimate of drug-likeness (QED) is 0.854. The Morgan fingerprint density at radius 2 is 2.00 bits per heavy atom. The van der Waals surface area contributed by atoms with Gasteiger partial charge in [-0.3, -0.25) is 4.90 Å². The Labute approximate surface area is 129 Å². The van der Waals surface area contributed by atoms with Crippen LogP contribution in [0.25, 0.3) is 0 Å². The highest BCUT2D eigenvalue weighted by molar-refractivity contribution is 8.03. The largest absolute Gasteiger partial charge is 0.338 e. The lowest BCUT2D eigenvalue weighted by Gasteiger charge is -2.29. The molecule has 6 heteroatoms. The van der Waals surface area contributed by atoms with Gasteiger partial charge in [-0.25, -0.2) is 0 Å². The number of rotatable bonds is 3. The van der Waals surface area contributed by atoms with Gasteiger partial charge < -0.3 is 4.52 Å². The van der Waals surface area contributed by atoms with Crippen molar-refractivity contribution in [1.82, 2.24) is 15.0 Å². The highest BCUT2D eigenvalue weighted by Crippen LogP contribution is 2.35. The highest BCUT2D eigenvalue weighted by Gasteiger charge is 2.35. The van der Waals surface area contributed by atoms with Crippen molar-refractivity contribution in [3.8, 4) is 0 Å². The number of aromatic nitrogens is 2. The first kappa shape index (κ1) is 14.7. The van der Waals surface area contributed by atoms with E-state index in [1.54, 1.807) is 0 Å². The molecule has 4 nitrogen and oxygen atoms in total. The summed E-state index contributed by atoms with van der Waals surface area (Å²) in [5, 5.41) is 4.14. The Balaban J connectivity index is 1.73. The molecule has 1 unspecified atom stereocenters. The molecular weight excluding hydrogens is 290 g/mol. The Kier molecular flexibility index (Phi) is 4.94. The molecule has 0 aliphatic carbocycles. The van der Waals surface area contributed by atoms with E-state index in [1.807, 2.05) is 0 Å². The SMILES string of the molecule is CC(C)c1noc(C2CCCN2C2CSCCSC2)n1. The van der Waals surface area contributed by atoms with Gasteiger partial charge in [0.2, 0.25) is 5.89 Å². The molecule has 2 aliphatic heterocycles. The molecular formula is C14H23N3OS2. The van der Waals surface area contributed by atoms with Crippen molar-refractivity contribution >= 4 is 23.5 Å². The number of hydrogen-bond donors (Lipinski definition) is 0. The first-order valence-corrected chi connectivity index (χ1v) is 9.81. The molecule has 0 amide bonds. The zero-order valence-corrected chi connectivity index (χ0v) is 13.9. The number of thioether (sulfide) groups is 2. The van der Waals surface area contributed by atoms with E-state index in [0.29, 0.717) is 18.0 Å². The van der Waals surface area contributed by atoms with Crippen molar-refractivity contribution in [2.75, 3.05) is 29.6 Å². The maximum Gasteiger partial charge on any atom is 0.244 e. The van der Waals surface area contributed by atoms with Gasteiger partial charge in [-0.15, -0.1) is 0 Å². The Bertz CT molecular complexity index is 430. The van der Waals surface area contributed by atoms with Gasteiger partial charge in [0.05, 0.1) is 6.04 Å². The molecule has 0 N–H and O–H groups in total. The third kappa shape index (κ3) is 3.17. The van der Waals surface area contributed by atoms with Crippen molar-refractivity contribution in [1.29, 1.82) is 0 Å². The first-order valence-electron chi connectivity index (χ1n) is 7.50. The summed E-state index contributed by atoms with van der Waals surface area (Å²) in [6.07, 6.45) is 2.40. The zero-order valence-electron chi connectivity index (χ0n) is 12.2. The Morgan fingerprint density at radius 3 is 2.65 bits per heavy atom. The van der Waals surface area contributed by atoms with Crippen LogP contribution >= 0.6 is 23.5 Å². The van der Waals surface area contributed by atoms with E-state index in [1.165, 1.54) is 36.0 Å². The molecule has 3 heterocycles. The van der Waals surface area contributed by atoms with Crippen LogP contribution in [0, 0.1) is 0 Å². The van der Waals surface area contributed by atoms with Crippen molar-refractivity contribution in [2.24, 2.45) is 0 Å². The van der Waals surface area contributed by atoms with Gasteiger partial charge in [-0.2, -0.15) is 28.5 Å². The van der Waals surface area contributed by atoms with Gasteiger partial charge in [-0.1, -0.05) is 19.0 Å². The van der Waals surface area contributed by atoms with Crippen molar-refractivity contribution in [2.45, 2.75) is 44.7 Å². The fraction of sp³-hybridized carbons (Fsp3) is 0.857. The number of hydrogen-bond acceptors (Lipinski definition) is 6. The fourth-order valence-electron chi connectivity index (χ4n) is 2.90. The van der Waals surface area contributed by atoms with Gasteiger partial charge >= 0.3 is 0 Å². The first-order chi connectivity index (χ1) is 9.75. The molecule has 2 saturated heterocycles. The molecule has 0 aromatic carbocycles. The van der Waals surface area contributed by atoms with Crippen LogP contribution in [0.15, 0.2) is 4.52 Å². The number of likely N-dealkylation sites (tertiary alicyclic amines) is 1. The second-order valence-corrected chi connectivity index (χ2v) is 8.14. The average molecular weight is 313 g/mol. The Hall–Kier alpha value is -0.200. The minimum Gasteiger partial charge on any atom is -0.338 e. The van der Waals surface area contributed by atoms with Crippen LogP contribution < -0.4 is 0 Å². The predicted octanol–water partition coefficient (Wildman–Crippen LogP) is 3.18. The van der Waals surface area contributed by atoms with Crippen molar-refractivity contribution in [3.05, 3.63) is 11.7 Å². The van der Waals surface area contributed by atoms with Crippen molar-refractivity contribution < 1.29 is 4.52 Å². The number of nitrogens with zero attached hydrogens (tertiary/aromatic N) is 3. The summed E-state index contributed by atoms with van der Waals surface area (Å²) in [5.41, 5.74) is 0. The van der Waals surface area contributed by atoms with Crippen LogP contribution in [0.3, 0.4) is 0 Å². The summed E-state index contributed by atoms with van der Waals surface area (Å²) in [7, 11) is 0. The van der Waals surface area contributed by atoms with E-state index in [2.05, 4.69) is 52.4 Å². The molecule has 1 aromatic rings. The second kappa shape index (κ2) is 6.71. The standard InChI is InChI=1S/C14H23N3OS2/c1-10(2)13-15-14(18-16-13)12-4-3-5-17(12)11-8-19-6-7-20-9-11/h10-12H,3-9H2,1-2H3. The van der Waals surface area contributed by atoms with Gasteiger partial charge in [0.15, 0.2) is 5.82 Å². The molecule has 0 spiro atoms. The lowest BCUT2D eigenvalue weighted by Crippen LogP contribution is -2.38. The van der Waals surface area contributed by atoms with Gasteiger partial charge in [0.25, 0.3) is 0 Å².